The largest absolute Gasteiger partial charge is 0.467 e. The summed E-state index contributed by atoms with van der Waals surface area (Å²) in [6.07, 6.45) is -2.48. The summed E-state index contributed by atoms with van der Waals surface area (Å²) in [5.74, 6) is -2.01. The van der Waals surface area contributed by atoms with Gasteiger partial charge in [0.25, 0.3) is 0 Å². The number of carbonyl (C=O) groups is 1. The fourth-order valence-electron chi connectivity index (χ4n) is 3.31. The molecule has 0 amide bonds. The van der Waals surface area contributed by atoms with Gasteiger partial charge in [0.2, 0.25) is 15.6 Å². The summed E-state index contributed by atoms with van der Waals surface area (Å²) < 4.78 is 73.8. The number of hydrogen-bond donors (Lipinski definition) is 1. The number of alkyl halides is 3. The van der Waals surface area contributed by atoms with Crippen LogP contribution in [0.1, 0.15) is 32.6 Å². The third-order valence-electron chi connectivity index (χ3n) is 5.09. The van der Waals surface area contributed by atoms with E-state index < -0.39 is 34.1 Å². The van der Waals surface area contributed by atoms with Crippen molar-refractivity contribution in [3.63, 3.8) is 0 Å². The maximum Gasteiger partial charge on any atom is 0.418 e. The Morgan fingerprint density at radius 1 is 1.28 bits per heavy atom. The SMILES string of the molecule is C=C(CC(NS(=O)(=O)c1ccccc1)(C(=O)OC)C(F)(F)F)C1CC=C(C)CC1. The molecule has 0 spiro atoms. The molecule has 0 bridgehead atoms. The summed E-state index contributed by atoms with van der Waals surface area (Å²) in [6.45, 7) is 5.68. The van der Waals surface area contributed by atoms with Crippen LogP contribution >= 0.6 is 0 Å². The summed E-state index contributed by atoms with van der Waals surface area (Å²) in [5, 5.41) is 0. The number of rotatable bonds is 7. The van der Waals surface area contributed by atoms with Crippen LogP contribution in [0.3, 0.4) is 0 Å². The van der Waals surface area contributed by atoms with E-state index in [2.05, 4.69) is 11.3 Å². The molecule has 2 rings (SSSR count). The zero-order valence-electron chi connectivity index (χ0n) is 16.3. The van der Waals surface area contributed by atoms with Gasteiger partial charge in [-0.3, -0.25) is 0 Å². The summed E-state index contributed by atoms with van der Waals surface area (Å²) in [6, 6.07) is 6.56. The van der Waals surface area contributed by atoms with Crippen molar-refractivity contribution in [2.24, 2.45) is 5.92 Å². The molecule has 0 saturated carbocycles. The number of sulfonamides is 1. The van der Waals surface area contributed by atoms with E-state index in [1.807, 2.05) is 13.0 Å². The molecular weight excluding hydrogens is 407 g/mol. The summed E-state index contributed by atoms with van der Waals surface area (Å²) in [7, 11) is -3.88. The highest BCUT2D eigenvalue weighted by molar-refractivity contribution is 7.89. The van der Waals surface area contributed by atoms with Crippen LogP contribution in [0.2, 0.25) is 0 Å². The molecule has 0 heterocycles. The van der Waals surface area contributed by atoms with Crippen molar-refractivity contribution in [2.45, 2.75) is 49.2 Å². The van der Waals surface area contributed by atoms with Gasteiger partial charge in [-0.1, -0.05) is 42.0 Å². The van der Waals surface area contributed by atoms with Crippen LogP contribution in [0.15, 0.2) is 59.0 Å². The maximum atomic E-state index is 14.2. The minimum atomic E-state index is -5.24. The first-order valence-corrected chi connectivity index (χ1v) is 10.5. The number of ether oxygens (including phenoxy) is 1. The van der Waals surface area contributed by atoms with Crippen LogP contribution in [0.25, 0.3) is 0 Å². The highest BCUT2D eigenvalue weighted by Crippen LogP contribution is 2.41. The van der Waals surface area contributed by atoms with E-state index in [9.17, 15) is 26.4 Å². The third kappa shape index (κ3) is 5.08. The van der Waals surface area contributed by atoms with Crippen molar-refractivity contribution in [3.8, 4) is 0 Å². The molecule has 160 valence electrons. The first-order valence-electron chi connectivity index (χ1n) is 9.00. The molecule has 0 fully saturated rings. The standard InChI is InChI=1S/C20H24F3NO4S/c1-14-9-11-16(12-10-14)15(2)13-19(18(25)28-3,20(21,22)23)24-29(26,27)17-7-5-4-6-8-17/h4-9,16,24H,2,10-13H2,1,3H3. The summed E-state index contributed by atoms with van der Waals surface area (Å²) >= 11 is 0. The molecule has 2 unspecified atom stereocenters. The van der Waals surface area contributed by atoms with Gasteiger partial charge in [-0.25, -0.2) is 13.2 Å². The Hall–Kier alpha value is -2.13. The fourth-order valence-corrected chi connectivity index (χ4v) is 4.67. The second-order valence-electron chi connectivity index (χ2n) is 7.17. The Morgan fingerprint density at radius 2 is 1.90 bits per heavy atom. The van der Waals surface area contributed by atoms with Gasteiger partial charge < -0.3 is 4.74 Å². The highest BCUT2D eigenvalue weighted by Gasteiger charge is 2.63. The summed E-state index contributed by atoms with van der Waals surface area (Å²) in [4.78, 5) is 11.9. The lowest BCUT2D eigenvalue weighted by atomic mass is 9.79. The Bertz CT molecular complexity index is 894. The fraction of sp³-hybridized carbons (Fsp3) is 0.450. The zero-order valence-corrected chi connectivity index (χ0v) is 17.1. The van der Waals surface area contributed by atoms with E-state index in [-0.39, 0.29) is 16.4 Å². The Labute approximate surface area is 168 Å². The van der Waals surface area contributed by atoms with Gasteiger partial charge in [-0.2, -0.15) is 17.9 Å². The number of carbonyl (C=O) groups excluding carboxylic acids is 1. The van der Waals surface area contributed by atoms with E-state index in [1.165, 1.54) is 18.2 Å². The Balaban J connectivity index is 2.46. The molecule has 0 aliphatic heterocycles. The van der Waals surface area contributed by atoms with Gasteiger partial charge in [0.05, 0.1) is 12.0 Å². The average molecular weight is 431 g/mol. The van der Waals surface area contributed by atoms with Crippen LogP contribution in [0, 0.1) is 5.92 Å². The van der Waals surface area contributed by atoms with Gasteiger partial charge in [0.15, 0.2) is 0 Å². The molecule has 5 nitrogen and oxygen atoms in total. The molecule has 1 aromatic rings. The van der Waals surface area contributed by atoms with Crippen molar-refractivity contribution in [2.75, 3.05) is 7.11 Å². The van der Waals surface area contributed by atoms with E-state index in [0.29, 0.717) is 19.3 Å². The number of hydrogen-bond acceptors (Lipinski definition) is 4. The van der Waals surface area contributed by atoms with E-state index in [4.69, 9.17) is 0 Å². The van der Waals surface area contributed by atoms with E-state index in [0.717, 1.165) is 24.8 Å². The van der Waals surface area contributed by atoms with Crippen LogP contribution in [-0.4, -0.2) is 33.2 Å². The summed E-state index contributed by atoms with van der Waals surface area (Å²) in [5.41, 5.74) is -2.19. The molecule has 1 aliphatic rings. The molecule has 1 N–H and O–H groups in total. The monoisotopic (exact) mass is 431 g/mol. The lowest BCUT2D eigenvalue weighted by molar-refractivity contribution is -0.207. The number of halogens is 3. The van der Waals surface area contributed by atoms with Crippen LogP contribution in [-0.2, 0) is 19.6 Å². The first kappa shape index (κ1) is 23.2. The normalized spacial score (nSPS) is 19.8. The lowest BCUT2D eigenvalue weighted by Crippen LogP contribution is -2.64. The van der Waals surface area contributed by atoms with Crippen molar-refractivity contribution in [1.82, 2.24) is 4.72 Å². The van der Waals surface area contributed by atoms with Crippen molar-refractivity contribution >= 4 is 16.0 Å². The number of esters is 1. The van der Waals surface area contributed by atoms with Gasteiger partial charge in [-0.15, -0.1) is 0 Å². The number of allylic oxidation sites excluding steroid dienone is 2. The molecule has 0 saturated heterocycles. The van der Waals surface area contributed by atoms with Gasteiger partial charge in [-0.05, 0) is 44.2 Å². The van der Waals surface area contributed by atoms with E-state index in [1.54, 1.807) is 4.72 Å². The number of benzene rings is 1. The second-order valence-corrected chi connectivity index (χ2v) is 8.85. The van der Waals surface area contributed by atoms with Crippen LogP contribution in [0.4, 0.5) is 13.2 Å². The highest BCUT2D eigenvalue weighted by atomic mass is 32.2. The predicted molar refractivity (Wildman–Crippen MR) is 102 cm³/mol. The maximum absolute atomic E-state index is 14.2. The Kier molecular flexibility index (Phi) is 6.95. The minimum absolute atomic E-state index is 0.146. The van der Waals surface area contributed by atoms with Gasteiger partial charge in [0, 0.05) is 6.42 Å². The predicted octanol–water partition coefficient (Wildman–Crippen LogP) is 4.13. The van der Waals surface area contributed by atoms with Crippen LogP contribution in [0.5, 0.6) is 0 Å². The molecule has 9 heteroatoms. The molecule has 1 aliphatic carbocycles. The topological polar surface area (TPSA) is 72.5 Å². The smallest absolute Gasteiger partial charge is 0.418 e. The molecular formula is C20H24F3NO4S. The van der Waals surface area contributed by atoms with E-state index >= 15 is 0 Å². The molecule has 29 heavy (non-hydrogen) atoms. The quantitative estimate of drug-likeness (QED) is 0.521. The van der Waals surface area contributed by atoms with Crippen LogP contribution < -0.4 is 4.72 Å². The number of methoxy groups -OCH3 is 1. The van der Waals surface area contributed by atoms with Gasteiger partial charge in [0.1, 0.15) is 0 Å². The number of nitrogens with one attached hydrogen (secondary N) is 1. The molecule has 1 aromatic carbocycles. The lowest BCUT2D eigenvalue weighted by Gasteiger charge is -2.36. The molecule has 0 radical (unpaired) electrons. The molecule has 2 atom stereocenters. The minimum Gasteiger partial charge on any atom is -0.467 e. The van der Waals surface area contributed by atoms with Crippen molar-refractivity contribution in [1.29, 1.82) is 0 Å². The third-order valence-corrected chi connectivity index (χ3v) is 6.60. The average Bonchev–Trinajstić information content (AvgIpc) is 2.66. The Morgan fingerprint density at radius 3 is 2.38 bits per heavy atom. The first-order chi connectivity index (χ1) is 13.4. The molecule has 0 aromatic heterocycles. The second kappa shape index (κ2) is 8.71. The van der Waals surface area contributed by atoms with Gasteiger partial charge >= 0.3 is 12.1 Å². The van der Waals surface area contributed by atoms with Crippen molar-refractivity contribution < 1.29 is 31.1 Å². The van der Waals surface area contributed by atoms with Crippen molar-refractivity contribution in [3.05, 3.63) is 54.1 Å². The zero-order chi connectivity index (χ0) is 21.9.